The predicted octanol–water partition coefficient (Wildman–Crippen LogP) is 5.19. The average molecular weight is 347 g/mol. The SMILES string of the molecule is CCOC(=O)CCCCc1ccc(OCc2ccc(Cl)cc2)cc1. The van der Waals surface area contributed by atoms with E-state index in [1.54, 1.807) is 0 Å². The highest BCUT2D eigenvalue weighted by atomic mass is 35.5. The van der Waals surface area contributed by atoms with Gasteiger partial charge in [0.25, 0.3) is 0 Å². The van der Waals surface area contributed by atoms with Crippen molar-refractivity contribution < 1.29 is 14.3 Å². The molecule has 2 aromatic carbocycles. The number of aryl methyl sites for hydroxylation is 1. The molecule has 0 aliphatic rings. The summed E-state index contributed by atoms with van der Waals surface area (Å²) < 4.78 is 10.7. The Morgan fingerprint density at radius 1 is 0.958 bits per heavy atom. The highest BCUT2D eigenvalue weighted by molar-refractivity contribution is 6.30. The first-order valence-corrected chi connectivity index (χ1v) is 8.67. The van der Waals surface area contributed by atoms with E-state index in [-0.39, 0.29) is 5.97 Å². The molecule has 0 saturated heterocycles. The van der Waals surface area contributed by atoms with Crippen molar-refractivity contribution in [2.24, 2.45) is 0 Å². The van der Waals surface area contributed by atoms with Crippen molar-refractivity contribution in [2.75, 3.05) is 6.61 Å². The number of hydrogen-bond donors (Lipinski definition) is 0. The lowest BCUT2D eigenvalue weighted by atomic mass is 10.1. The second kappa shape index (κ2) is 9.99. The fourth-order valence-electron chi connectivity index (χ4n) is 2.33. The summed E-state index contributed by atoms with van der Waals surface area (Å²) in [4.78, 5) is 11.3. The third kappa shape index (κ3) is 6.63. The number of esters is 1. The van der Waals surface area contributed by atoms with Crippen molar-refractivity contribution >= 4 is 17.6 Å². The highest BCUT2D eigenvalue weighted by Crippen LogP contribution is 2.17. The number of carbonyl (C=O) groups excluding carboxylic acids is 1. The van der Waals surface area contributed by atoms with Gasteiger partial charge in [0.05, 0.1) is 6.61 Å². The fourth-order valence-corrected chi connectivity index (χ4v) is 2.46. The standard InChI is InChI=1S/C20H23ClO3/c1-2-23-20(22)6-4-3-5-16-9-13-19(14-10-16)24-15-17-7-11-18(21)12-8-17/h7-14H,2-6,15H2,1H3. The van der Waals surface area contributed by atoms with E-state index in [4.69, 9.17) is 21.1 Å². The normalized spacial score (nSPS) is 10.4. The molecule has 0 bridgehead atoms. The van der Waals surface area contributed by atoms with Crippen molar-refractivity contribution in [1.82, 2.24) is 0 Å². The zero-order valence-corrected chi connectivity index (χ0v) is 14.7. The van der Waals surface area contributed by atoms with Crippen LogP contribution in [0, 0.1) is 0 Å². The molecule has 4 heteroatoms. The second-order valence-corrected chi connectivity index (χ2v) is 6.01. The Labute approximate surface area is 148 Å². The Morgan fingerprint density at radius 3 is 2.29 bits per heavy atom. The van der Waals surface area contributed by atoms with Gasteiger partial charge in [-0.25, -0.2) is 0 Å². The Bertz CT molecular complexity index is 620. The maximum Gasteiger partial charge on any atom is 0.305 e. The molecule has 128 valence electrons. The Balaban J connectivity index is 1.70. The van der Waals surface area contributed by atoms with Crippen LogP contribution in [0.25, 0.3) is 0 Å². The third-order valence-corrected chi connectivity index (χ3v) is 3.90. The van der Waals surface area contributed by atoms with E-state index < -0.39 is 0 Å². The van der Waals surface area contributed by atoms with Gasteiger partial charge in [-0.15, -0.1) is 0 Å². The molecule has 3 nitrogen and oxygen atoms in total. The summed E-state index contributed by atoms with van der Waals surface area (Å²) in [5, 5.41) is 0.728. The summed E-state index contributed by atoms with van der Waals surface area (Å²) in [5.41, 5.74) is 2.33. The molecule has 2 rings (SSSR count). The summed E-state index contributed by atoms with van der Waals surface area (Å²) in [6.45, 7) is 2.81. The van der Waals surface area contributed by atoms with Gasteiger partial charge in [0.1, 0.15) is 12.4 Å². The third-order valence-electron chi connectivity index (χ3n) is 3.64. The van der Waals surface area contributed by atoms with Crippen LogP contribution in [0.1, 0.15) is 37.3 Å². The maximum absolute atomic E-state index is 11.3. The lowest BCUT2D eigenvalue weighted by molar-refractivity contribution is -0.143. The molecule has 0 heterocycles. The van der Waals surface area contributed by atoms with E-state index in [1.807, 2.05) is 43.3 Å². The summed E-state index contributed by atoms with van der Waals surface area (Å²) in [5.74, 6) is 0.740. The molecular formula is C20H23ClO3. The van der Waals surface area contributed by atoms with Crippen molar-refractivity contribution in [3.05, 3.63) is 64.7 Å². The van der Waals surface area contributed by atoms with E-state index in [0.29, 0.717) is 19.6 Å². The van der Waals surface area contributed by atoms with Crippen LogP contribution >= 0.6 is 11.6 Å². The van der Waals surface area contributed by atoms with Crippen molar-refractivity contribution in [3.63, 3.8) is 0 Å². The van der Waals surface area contributed by atoms with Crippen LogP contribution in [-0.4, -0.2) is 12.6 Å². The molecule has 0 amide bonds. The zero-order valence-electron chi connectivity index (χ0n) is 14.0. The summed E-state index contributed by atoms with van der Waals surface area (Å²) in [7, 11) is 0. The van der Waals surface area contributed by atoms with Gasteiger partial charge >= 0.3 is 5.97 Å². The predicted molar refractivity (Wildman–Crippen MR) is 96.4 cm³/mol. The van der Waals surface area contributed by atoms with Crippen LogP contribution in [0.2, 0.25) is 5.02 Å². The first kappa shape index (κ1) is 18.3. The minimum Gasteiger partial charge on any atom is -0.489 e. The van der Waals surface area contributed by atoms with Crippen LogP contribution in [0.4, 0.5) is 0 Å². The molecule has 0 unspecified atom stereocenters. The molecule has 0 radical (unpaired) electrons. The first-order chi connectivity index (χ1) is 11.7. The molecule has 0 saturated carbocycles. The zero-order chi connectivity index (χ0) is 17.2. The Hall–Kier alpha value is -2.00. The molecule has 24 heavy (non-hydrogen) atoms. The number of halogens is 1. The molecule has 2 aromatic rings. The quantitative estimate of drug-likeness (QED) is 0.462. The molecule has 0 N–H and O–H groups in total. The van der Waals surface area contributed by atoms with Crippen LogP contribution < -0.4 is 4.74 Å². The summed E-state index contributed by atoms with van der Waals surface area (Å²) in [6.07, 6.45) is 3.28. The second-order valence-electron chi connectivity index (χ2n) is 5.57. The van der Waals surface area contributed by atoms with Gasteiger partial charge in [0.15, 0.2) is 0 Å². The van der Waals surface area contributed by atoms with Crippen LogP contribution in [-0.2, 0) is 22.6 Å². The van der Waals surface area contributed by atoms with E-state index in [1.165, 1.54) is 5.56 Å². The fraction of sp³-hybridized carbons (Fsp3) is 0.350. The minimum atomic E-state index is -0.108. The number of hydrogen-bond acceptors (Lipinski definition) is 3. The first-order valence-electron chi connectivity index (χ1n) is 8.29. The van der Waals surface area contributed by atoms with Gasteiger partial charge in [-0.05, 0) is 61.6 Å². The number of unbranched alkanes of at least 4 members (excludes halogenated alkanes) is 1. The topological polar surface area (TPSA) is 35.5 Å². The molecule has 0 fully saturated rings. The Kier molecular flexibility index (Phi) is 7.63. The van der Waals surface area contributed by atoms with Gasteiger partial charge in [-0.2, -0.15) is 0 Å². The molecule has 0 aliphatic carbocycles. The van der Waals surface area contributed by atoms with Gasteiger partial charge < -0.3 is 9.47 Å². The molecule has 0 aliphatic heterocycles. The molecular weight excluding hydrogens is 324 g/mol. The lowest BCUT2D eigenvalue weighted by Crippen LogP contribution is -2.03. The lowest BCUT2D eigenvalue weighted by Gasteiger charge is -2.08. The average Bonchev–Trinajstić information content (AvgIpc) is 2.59. The van der Waals surface area contributed by atoms with Crippen LogP contribution in [0.15, 0.2) is 48.5 Å². The van der Waals surface area contributed by atoms with E-state index >= 15 is 0 Å². The minimum absolute atomic E-state index is 0.108. The molecule has 0 spiro atoms. The number of ether oxygens (including phenoxy) is 2. The van der Waals surface area contributed by atoms with Crippen molar-refractivity contribution in [1.29, 1.82) is 0 Å². The Morgan fingerprint density at radius 2 is 1.62 bits per heavy atom. The van der Waals surface area contributed by atoms with Crippen LogP contribution in [0.5, 0.6) is 5.75 Å². The van der Waals surface area contributed by atoms with Gasteiger partial charge in [-0.1, -0.05) is 35.9 Å². The molecule has 0 atom stereocenters. The van der Waals surface area contributed by atoms with Crippen molar-refractivity contribution in [3.8, 4) is 5.75 Å². The van der Waals surface area contributed by atoms with Crippen LogP contribution in [0.3, 0.4) is 0 Å². The largest absolute Gasteiger partial charge is 0.489 e. The number of carbonyl (C=O) groups is 1. The highest BCUT2D eigenvalue weighted by Gasteiger charge is 2.02. The van der Waals surface area contributed by atoms with Gasteiger partial charge in [0.2, 0.25) is 0 Å². The van der Waals surface area contributed by atoms with Crippen molar-refractivity contribution in [2.45, 2.75) is 39.2 Å². The van der Waals surface area contributed by atoms with E-state index in [2.05, 4.69) is 12.1 Å². The van der Waals surface area contributed by atoms with E-state index in [9.17, 15) is 4.79 Å². The van der Waals surface area contributed by atoms with Gasteiger partial charge in [0, 0.05) is 11.4 Å². The number of benzene rings is 2. The summed E-state index contributed by atoms with van der Waals surface area (Å²) >= 11 is 5.86. The van der Waals surface area contributed by atoms with E-state index in [0.717, 1.165) is 35.6 Å². The smallest absolute Gasteiger partial charge is 0.305 e. The molecule has 0 aromatic heterocycles. The van der Waals surface area contributed by atoms with Gasteiger partial charge in [-0.3, -0.25) is 4.79 Å². The number of rotatable bonds is 9. The maximum atomic E-state index is 11.3. The summed E-state index contributed by atoms with van der Waals surface area (Å²) in [6, 6.07) is 15.7. The monoisotopic (exact) mass is 346 g/mol.